The van der Waals surface area contributed by atoms with Crippen LogP contribution in [0.4, 0.5) is 5.69 Å². The Morgan fingerprint density at radius 1 is 0.853 bits per heavy atom. The van der Waals surface area contributed by atoms with Crippen LogP contribution in [0.1, 0.15) is 52.5 Å². The number of anilines is 1. The normalized spacial score (nSPS) is 13.5. The average molecular weight is 457 g/mol. The topological polar surface area (TPSA) is 75.7 Å². The fourth-order valence-electron chi connectivity index (χ4n) is 4.03. The van der Waals surface area contributed by atoms with Gasteiger partial charge >= 0.3 is 0 Å². The highest BCUT2D eigenvalue weighted by Gasteiger charge is 2.42. The summed E-state index contributed by atoms with van der Waals surface area (Å²) in [6, 6.07) is 22.2. The Balaban J connectivity index is 1.52. The molecule has 3 aromatic carbocycles. The lowest BCUT2D eigenvalue weighted by molar-refractivity contribution is -0.119. The van der Waals surface area contributed by atoms with Gasteiger partial charge in [-0.05, 0) is 48.4 Å². The molecule has 1 unspecified atom stereocenters. The number of benzene rings is 3. The van der Waals surface area contributed by atoms with Crippen LogP contribution in [-0.2, 0) is 11.2 Å². The molecule has 174 valence electrons. The van der Waals surface area contributed by atoms with Crippen molar-refractivity contribution < 1.29 is 19.1 Å². The molecule has 3 amide bonds. The fourth-order valence-corrected chi connectivity index (χ4v) is 4.03. The maximum absolute atomic E-state index is 13.4. The van der Waals surface area contributed by atoms with E-state index in [1.54, 1.807) is 48.5 Å². The molecule has 0 aromatic heterocycles. The number of carbonyl (C=O) groups excluding carboxylic acids is 3. The second kappa shape index (κ2) is 10.8. The van der Waals surface area contributed by atoms with Crippen LogP contribution in [-0.4, -0.2) is 35.3 Å². The van der Waals surface area contributed by atoms with E-state index in [1.165, 1.54) is 0 Å². The summed E-state index contributed by atoms with van der Waals surface area (Å²) < 4.78 is 5.73. The SMILES string of the molecule is CCCCCOc1ccc(NC(=O)C(Cc2ccccc2)N2C(=O)c3ccccc3C2=O)cc1. The third-order valence-corrected chi connectivity index (χ3v) is 5.85. The van der Waals surface area contributed by atoms with Crippen LogP contribution >= 0.6 is 0 Å². The Hall–Kier alpha value is -3.93. The number of hydrogen-bond donors (Lipinski definition) is 1. The van der Waals surface area contributed by atoms with Crippen LogP contribution < -0.4 is 10.1 Å². The van der Waals surface area contributed by atoms with Gasteiger partial charge in [0.05, 0.1) is 17.7 Å². The summed E-state index contributed by atoms with van der Waals surface area (Å²) in [7, 11) is 0. The van der Waals surface area contributed by atoms with Crippen molar-refractivity contribution >= 4 is 23.4 Å². The average Bonchev–Trinajstić information content (AvgIpc) is 3.12. The summed E-state index contributed by atoms with van der Waals surface area (Å²) in [6.45, 7) is 2.79. The predicted octanol–water partition coefficient (Wildman–Crippen LogP) is 5.10. The molecular weight excluding hydrogens is 428 g/mol. The first kappa shape index (κ1) is 23.2. The zero-order valence-electron chi connectivity index (χ0n) is 19.2. The molecule has 6 nitrogen and oxygen atoms in total. The van der Waals surface area contributed by atoms with E-state index in [9.17, 15) is 14.4 Å². The Bertz CT molecular complexity index is 1120. The van der Waals surface area contributed by atoms with Crippen molar-refractivity contribution in [2.75, 3.05) is 11.9 Å². The lowest BCUT2D eigenvalue weighted by atomic mass is 10.0. The van der Waals surface area contributed by atoms with E-state index in [-0.39, 0.29) is 6.42 Å². The zero-order valence-corrected chi connectivity index (χ0v) is 19.2. The molecule has 0 saturated heterocycles. The van der Waals surface area contributed by atoms with Crippen LogP contribution in [0.15, 0.2) is 78.9 Å². The molecule has 0 bridgehead atoms. The number of amides is 3. The molecule has 1 aliphatic heterocycles. The first-order valence-electron chi connectivity index (χ1n) is 11.6. The first-order valence-corrected chi connectivity index (χ1v) is 11.6. The van der Waals surface area contributed by atoms with Gasteiger partial charge in [-0.1, -0.05) is 62.2 Å². The van der Waals surface area contributed by atoms with Gasteiger partial charge in [-0.25, -0.2) is 0 Å². The van der Waals surface area contributed by atoms with Crippen LogP contribution in [0.5, 0.6) is 5.75 Å². The van der Waals surface area contributed by atoms with Gasteiger partial charge in [-0.15, -0.1) is 0 Å². The highest BCUT2D eigenvalue weighted by atomic mass is 16.5. The molecule has 1 aliphatic rings. The Labute approximate surface area is 199 Å². The Morgan fingerprint density at radius 2 is 1.47 bits per heavy atom. The monoisotopic (exact) mass is 456 g/mol. The molecule has 3 aromatic rings. The quantitative estimate of drug-likeness (QED) is 0.340. The maximum atomic E-state index is 13.4. The molecule has 0 fully saturated rings. The van der Waals surface area contributed by atoms with Gasteiger partial charge in [0.1, 0.15) is 11.8 Å². The molecule has 0 aliphatic carbocycles. The van der Waals surface area contributed by atoms with Gasteiger partial charge < -0.3 is 10.1 Å². The third kappa shape index (κ3) is 5.17. The van der Waals surface area contributed by atoms with Crippen molar-refractivity contribution in [1.29, 1.82) is 0 Å². The Morgan fingerprint density at radius 3 is 2.09 bits per heavy atom. The van der Waals surface area contributed by atoms with Crippen molar-refractivity contribution in [3.63, 3.8) is 0 Å². The van der Waals surface area contributed by atoms with Gasteiger partial charge in [0.2, 0.25) is 5.91 Å². The summed E-state index contributed by atoms with van der Waals surface area (Å²) >= 11 is 0. The van der Waals surface area contributed by atoms with Gasteiger partial charge in [-0.2, -0.15) is 0 Å². The van der Waals surface area contributed by atoms with E-state index in [0.717, 1.165) is 35.5 Å². The van der Waals surface area contributed by atoms with E-state index in [2.05, 4.69) is 12.2 Å². The highest BCUT2D eigenvalue weighted by molar-refractivity contribution is 6.23. The van der Waals surface area contributed by atoms with Gasteiger partial charge in [0.15, 0.2) is 0 Å². The number of fused-ring (bicyclic) bond motifs is 1. The maximum Gasteiger partial charge on any atom is 0.262 e. The van der Waals surface area contributed by atoms with Gasteiger partial charge in [0.25, 0.3) is 11.8 Å². The molecule has 0 radical (unpaired) electrons. The molecule has 1 N–H and O–H groups in total. The molecule has 6 heteroatoms. The van der Waals surface area contributed by atoms with E-state index in [0.29, 0.717) is 23.4 Å². The van der Waals surface area contributed by atoms with E-state index in [1.807, 2.05) is 30.3 Å². The lowest BCUT2D eigenvalue weighted by Crippen LogP contribution is -2.48. The minimum absolute atomic E-state index is 0.219. The summed E-state index contributed by atoms with van der Waals surface area (Å²) in [5, 5.41) is 2.87. The lowest BCUT2D eigenvalue weighted by Gasteiger charge is -2.25. The number of nitrogens with zero attached hydrogens (tertiary/aromatic N) is 1. The van der Waals surface area contributed by atoms with E-state index < -0.39 is 23.8 Å². The van der Waals surface area contributed by atoms with E-state index in [4.69, 9.17) is 4.74 Å². The van der Waals surface area contributed by atoms with Gasteiger partial charge in [-0.3, -0.25) is 19.3 Å². The molecular formula is C28H28N2O4. The van der Waals surface area contributed by atoms with Crippen molar-refractivity contribution in [1.82, 2.24) is 4.90 Å². The highest BCUT2D eigenvalue weighted by Crippen LogP contribution is 2.27. The van der Waals surface area contributed by atoms with Crippen LogP contribution in [0.25, 0.3) is 0 Å². The first-order chi connectivity index (χ1) is 16.6. The predicted molar refractivity (Wildman–Crippen MR) is 131 cm³/mol. The number of nitrogens with one attached hydrogen (secondary N) is 1. The van der Waals surface area contributed by atoms with Gasteiger partial charge in [0, 0.05) is 12.1 Å². The fraction of sp³-hybridized carbons (Fsp3) is 0.250. The number of unbranched alkanes of at least 4 members (excludes halogenated alkanes) is 2. The summed E-state index contributed by atoms with van der Waals surface area (Å²) in [6.07, 6.45) is 3.47. The minimum Gasteiger partial charge on any atom is -0.494 e. The van der Waals surface area contributed by atoms with Crippen molar-refractivity contribution in [2.24, 2.45) is 0 Å². The summed E-state index contributed by atoms with van der Waals surface area (Å²) in [4.78, 5) is 40.7. The number of ether oxygens (including phenoxy) is 1. The number of carbonyl (C=O) groups is 3. The Kier molecular flexibility index (Phi) is 7.38. The second-order valence-corrected chi connectivity index (χ2v) is 8.30. The number of hydrogen-bond acceptors (Lipinski definition) is 4. The number of rotatable bonds is 10. The number of imide groups is 1. The molecule has 0 saturated carbocycles. The standard InChI is InChI=1S/C28H28N2O4/c1-2-3-9-18-34-22-16-14-21(15-17-22)29-26(31)25(19-20-10-5-4-6-11-20)30-27(32)23-12-7-8-13-24(23)28(30)33/h4-8,10-17,25H,2-3,9,18-19H2,1H3,(H,29,31). The van der Waals surface area contributed by atoms with Crippen LogP contribution in [0, 0.1) is 0 Å². The third-order valence-electron chi connectivity index (χ3n) is 5.85. The van der Waals surface area contributed by atoms with Crippen molar-refractivity contribution in [2.45, 2.75) is 38.6 Å². The van der Waals surface area contributed by atoms with Crippen molar-refractivity contribution in [3.8, 4) is 5.75 Å². The summed E-state index contributed by atoms with van der Waals surface area (Å²) in [5.74, 6) is -0.592. The molecule has 1 atom stereocenters. The summed E-state index contributed by atoms with van der Waals surface area (Å²) in [5.41, 5.74) is 2.07. The van der Waals surface area contributed by atoms with Crippen LogP contribution in [0.2, 0.25) is 0 Å². The molecule has 34 heavy (non-hydrogen) atoms. The van der Waals surface area contributed by atoms with E-state index >= 15 is 0 Å². The second-order valence-electron chi connectivity index (χ2n) is 8.30. The minimum atomic E-state index is -0.986. The molecule has 0 spiro atoms. The zero-order chi connectivity index (χ0) is 23.9. The molecule has 1 heterocycles. The largest absolute Gasteiger partial charge is 0.494 e. The van der Waals surface area contributed by atoms with Crippen LogP contribution in [0.3, 0.4) is 0 Å². The smallest absolute Gasteiger partial charge is 0.262 e. The molecule has 4 rings (SSSR count). The van der Waals surface area contributed by atoms with Crippen molar-refractivity contribution in [3.05, 3.63) is 95.6 Å².